The van der Waals surface area contributed by atoms with Gasteiger partial charge in [0.1, 0.15) is 11.6 Å². The molecule has 0 aliphatic heterocycles. The summed E-state index contributed by atoms with van der Waals surface area (Å²) in [7, 11) is 0. The topological polar surface area (TPSA) is 75.1 Å². The van der Waals surface area contributed by atoms with Crippen molar-refractivity contribution >= 4 is 17.5 Å². The van der Waals surface area contributed by atoms with E-state index in [4.69, 9.17) is 5.11 Å². The van der Waals surface area contributed by atoms with Gasteiger partial charge in [-0.3, -0.25) is 0 Å². The highest BCUT2D eigenvalue weighted by Gasteiger charge is 2.06. The summed E-state index contributed by atoms with van der Waals surface area (Å²) in [6.07, 6.45) is 1.59. The van der Waals surface area contributed by atoms with Crippen LogP contribution < -0.4 is 5.32 Å². The summed E-state index contributed by atoms with van der Waals surface area (Å²) in [6, 6.07) is 8.54. The molecular formula is C15H17N3O2. The number of carboxylic acids is 1. The molecule has 0 aliphatic rings. The Bertz CT molecular complexity index is 604. The van der Waals surface area contributed by atoms with E-state index in [0.717, 1.165) is 24.4 Å². The molecule has 20 heavy (non-hydrogen) atoms. The first-order chi connectivity index (χ1) is 9.62. The van der Waals surface area contributed by atoms with Crippen molar-refractivity contribution in [1.82, 2.24) is 9.97 Å². The third kappa shape index (κ3) is 3.32. The van der Waals surface area contributed by atoms with E-state index in [1.807, 2.05) is 26.0 Å². The highest BCUT2D eigenvalue weighted by Crippen LogP contribution is 2.17. The molecule has 1 aromatic heterocycles. The van der Waals surface area contributed by atoms with Crippen molar-refractivity contribution in [1.29, 1.82) is 0 Å². The van der Waals surface area contributed by atoms with Gasteiger partial charge in [-0.05, 0) is 24.6 Å². The molecule has 104 valence electrons. The van der Waals surface area contributed by atoms with Crippen LogP contribution in [0.15, 0.2) is 30.3 Å². The Morgan fingerprint density at radius 2 is 2.00 bits per heavy atom. The number of anilines is 2. The van der Waals surface area contributed by atoms with Crippen molar-refractivity contribution in [3.05, 3.63) is 47.4 Å². The second-order valence-electron chi connectivity index (χ2n) is 4.38. The maximum absolute atomic E-state index is 11.0. The summed E-state index contributed by atoms with van der Waals surface area (Å²) in [6.45, 7) is 4.04. The lowest BCUT2D eigenvalue weighted by Gasteiger charge is -2.09. The summed E-state index contributed by atoms with van der Waals surface area (Å²) in [5.41, 5.74) is 1.91. The number of aryl methyl sites for hydroxylation is 2. The molecule has 0 saturated carbocycles. The zero-order valence-electron chi connectivity index (χ0n) is 11.6. The molecule has 1 aromatic carbocycles. The Hall–Kier alpha value is -2.43. The van der Waals surface area contributed by atoms with Gasteiger partial charge >= 0.3 is 5.97 Å². The molecule has 0 radical (unpaired) electrons. The molecule has 0 bridgehead atoms. The molecular weight excluding hydrogens is 254 g/mol. The van der Waals surface area contributed by atoms with Crippen LogP contribution in [0.2, 0.25) is 0 Å². The van der Waals surface area contributed by atoms with Crippen LogP contribution in [0.1, 0.15) is 35.7 Å². The van der Waals surface area contributed by atoms with Gasteiger partial charge in [0.2, 0.25) is 0 Å². The molecule has 0 spiro atoms. The summed E-state index contributed by atoms with van der Waals surface area (Å²) >= 11 is 0. The van der Waals surface area contributed by atoms with Gasteiger partial charge < -0.3 is 10.4 Å². The normalized spacial score (nSPS) is 10.3. The van der Waals surface area contributed by atoms with E-state index in [0.29, 0.717) is 11.5 Å². The summed E-state index contributed by atoms with van der Waals surface area (Å²) in [5.74, 6) is 0.525. The summed E-state index contributed by atoms with van der Waals surface area (Å²) in [4.78, 5) is 19.8. The van der Waals surface area contributed by atoms with E-state index < -0.39 is 5.97 Å². The fraction of sp³-hybridized carbons (Fsp3) is 0.267. The second-order valence-corrected chi connectivity index (χ2v) is 4.38. The highest BCUT2D eigenvalue weighted by molar-refractivity contribution is 5.89. The molecule has 5 heteroatoms. The van der Waals surface area contributed by atoms with Crippen molar-refractivity contribution < 1.29 is 9.90 Å². The summed E-state index contributed by atoms with van der Waals surface area (Å²) in [5, 5.41) is 12.1. The minimum absolute atomic E-state index is 0.246. The van der Waals surface area contributed by atoms with Crippen molar-refractivity contribution in [3.63, 3.8) is 0 Å². The summed E-state index contributed by atoms with van der Waals surface area (Å²) < 4.78 is 0. The monoisotopic (exact) mass is 271 g/mol. The van der Waals surface area contributed by atoms with E-state index in [9.17, 15) is 4.79 Å². The number of benzene rings is 1. The van der Waals surface area contributed by atoms with Crippen LogP contribution in [0.5, 0.6) is 0 Å². The zero-order chi connectivity index (χ0) is 14.5. The molecule has 0 amide bonds. The molecule has 5 nitrogen and oxygen atoms in total. The molecule has 2 N–H and O–H groups in total. The number of aromatic carboxylic acids is 1. The average Bonchev–Trinajstić information content (AvgIpc) is 2.47. The van der Waals surface area contributed by atoms with Gasteiger partial charge in [-0.1, -0.05) is 19.9 Å². The molecule has 0 unspecified atom stereocenters. The van der Waals surface area contributed by atoms with Gasteiger partial charge in [0, 0.05) is 23.9 Å². The first-order valence-corrected chi connectivity index (χ1v) is 6.59. The largest absolute Gasteiger partial charge is 0.478 e. The Kier molecular flexibility index (Phi) is 4.30. The minimum atomic E-state index is -0.945. The van der Waals surface area contributed by atoms with Gasteiger partial charge in [-0.15, -0.1) is 0 Å². The number of nitrogens with zero attached hydrogens (tertiary/aromatic N) is 2. The maximum atomic E-state index is 11.0. The van der Waals surface area contributed by atoms with Crippen molar-refractivity contribution in [2.24, 2.45) is 0 Å². The fourth-order valence-corrected chi connectivity index (χ4v) is 1.83. The Labute approximate surface area is 117 Å². The third-order valence-electron chi connectivity index (χ3n) is 2.89. The predicted molar refractivity (Wildman–Crippen MR) is 77.5 cm³/mol. The highest BCUT2D eigenvalue weighted by atomic mass is 16.4. The number of carboxylic acid groups (broad SMARTS) is 1. The average molecular weight is 271 g/mol. The molecule has 1 heterocycles. The molecule has 0 aliphatic carbocycles. The van der Waals surface area contributed by atoms with E-state index in [-0.39, 0.29) is 5.56 Å². The molecule has 0 fully saturated rings. The standard InChI is InChI=1S/C15H17N3O2/c1-3-11-9-14(18-13(4-2)16-11)17-12-7-5-6-10(8-12)15(19)20/h5-9H,3-4H2,1-2H3,(H,19,20)(H,16,17,18). The predicted octanol–water partition coefficient (Wildman–Crippen LogP) is 3.04. The maximum Gasteiger partial charge on any atom is 0.335 e. The van der Waals surface area contributed by atoms with Crippen LogP contribution in [0.3, 0.4) is 0 Å². The number of aromatic nitrogens is 2. The lowest BCUT2D eigenvalue weighted by molar-refractivity contribution is 0.0697. The van der Waals surface area contributed by atoms with Gasteiger partial charge in [0.25, 0.3) is 0 Å². The quantitative estimate of drug-likeness (QED) is 0.874. The lowest BCUT2D eigenvalue weighted by Crippen LogP contribution is -2.03. The van der Waals surface area contributed by atoms with Crippen LogP contribution in [0.25, 0.3) is 0 Å². The molecule has 0 atom stereocenters. The number of carbonyl (C=O) groups is 1. The number of nitrogens with one attached hydrogen (secondary N) is 1. The molecule has 0 saturated heterocycles. The van der Waals surface area contributed by atoms with Gasteiger partial charge in [0.05, 0.1) is 5.56 Å². The van der Waals surface area contributed by atoms with E-state index in [1.165, 1.54) is 0 Å². The van der Waals surface area contributed by atoms with Crippen molar-refractivity contribution in [2.45, 2.75) is 26.7 Å². The Morgan fingerprint density at radius 1 is 1.20 bits per heavy atom. The molecule has 2 aromatic rings. The van der Waals surface area contributed by atoms with Gasteiger partial charge in [0.15, 0.2) is 0 Å². The van der Waals surface area contributed by atoms with E-state index in [2.05, 4.69) is 15.3 Å². The van der Waals surface area contributed by atoms with Crippen LogP contribution >= 0.6 is 0 Å². The first-order valence-electron chi connectivity index (χ1n) is 6.59. The smallest absolute Gasteiger partial charge is 0.335 e. The number of rotatable bonds is 5. The third-order valence-corrected chi connectivity index (χ3v) is 2.89. The van der Waals surface area contributed by atoms with Crippen LogP contribution in [0, 0.1) is 0 Å². The van der Waals surface area contributed by atoms with Gasteiger partial charge in [-0.25, -0.2) is 14.8 Å². The first kappa shape index (κ1) is 14.0. The SMILES string of the molecule is CCc1cc(Nc2cccc(C(=O)O)c2)nc(CC)n1. The fourth-order valence-electron chi connectivity index (χ4n) is 1.83. The van der Waals surface area contributed by atoms with Gasteiger partial charge in [-0.2, -0.15) is 0 Å². The van der Waals surface area contributed by atoms with Crippen molar-refractivity contribution in [3.8, 4) is 0 Å². The van der Waals surface area contributed by atoms with Crippen LogP contribution in [0.4, 0.5) is 11.5 Å². The number of hydrogen-bond acceptors (Lipinski definition) is 4. The Morgan fingerprint density at radius 3 is 2.65 bits per heavy atom. The van der Waals surface area contributed by atoms with Crippen molar-refractivity contribution in [2.75, 3.05) is 5.32 Å². The van der Waals surface area contributed by atoms with Crippen LogP contribution in [-0.4, -0.2) is 21.0 Å². The van der Waals surface area contributed by atoms with Crippen LogP contribution in [-0.2, 0) is 12.8 Å². The number of hydrogen-bond donors (Lipinski definition) is 2. The lowest BCUT2D eigenvalue weighted by atomic mass is 10.2. The van der Waals surface area contributed by atoms with E-state index >= 15 is 0 Å². The van der Waals surface area contributed by atoms with E-state index in [1.54, 1.807) is 18.2 Å². The minimum Gasteiger partial charge on any atom is -0.478 e. The zero-order valence-corrected chi connectivity index (χ0v) is 11.6. The Balaban J connectivity index is 2.29. The molecule has 2 rings (SSSR count). The second kappa shape index (κ2) is 6.14.